The minimum absolute atomic E-state index is 0.000798. The number of nitrogens with one attached hydrogen (secondary N) is 1. The largest absolute Gasteiger partial charge is 0.465 e. The third-order valence-electron chi connectivity index (χ3n) is 3.63. The van der Waals surface area contributed by atoms with Crippen LogP contribution in [-0.2, 0) is 20.9 Å². The smallest absolute Gasteiger partial charge is 0.374 e. The predicted octanol–water partition coefficient (Wildman–Crippen LogP) is 1.37. The fraction of sp³-hybridized carbons (Fsp3) is 0.533. The van der Waals surface area contributed by atoms with Gasteiger partial charge in [-0.15, -0.1) is 0 Å². The number of esters is 1. The third-order valence-corrected chi connectivity index (χ3v) is 3.63. The number of ether oxygens (including phenoxy) is 2. The molecular weight excluding hydrogens is 269 g/mol. The van der Waals surface area contributed by atoms with Gasteiger partial charge in [0.15, 0.2) is 0 Å². The van der Waals surface area contributed by atoms with Crippen LogP contribution in [0.15, 0.2) is 30.3 Å². The van der Waals surface area contributed by atoms with Crippen LogP contribution in [0.3, 0.4) is 0 Å². The zero-order chi connectivity index (χ0) is 15.3. The Kier molecular flexibility index (Phi) is 5.39. The molecule has 0 amide bonds. The van der Waals surface area contributed by atoms with Crippen LogP contribution in [0.25, 0.3) is 0 Å². The van der Waals surface area contributed by atoms with Crippen LogP contribution in [0, 0.1) is 0 Å². The molecule has 0 aliphatic heterocycles. The molecule has 114 valence electrons. The van der Waals surface area contributed by atoms with Crippen molar-refractivity contribution in [3.05, 3.63) is 35.9 Å². The number of carbonyl (C=O) groups excluding carboxylic acids is 1. The highest BCUT2D eigenvalue weighted by Gasteiger charge is 2.52. The summed E-state index contributed by atoms with van der Waals surface area (Å²) in [6.45, 7) is 4.23. The molecule has 2 N–H and O–H groups in total. The summed E-state index contributed by atoms with van der Waals surface area (Å²) in [6, 6.07) is 9.91. The van der Waals surface area contributed by atoms with Crippen molar-refractivity contribution in [1.29, 1.82) is 0 Å². The molecule has 0 aromatic heterocycles. The van der Waals surface area contributed by atoms with Gasteiger partial charge in [-0.25, -0.2) is 0 Å². The number of hydrogen-bond acceptors (Lipinski definition) is 5. The molecule has 0 radical (unpaired) electrons. The summed E-state index contributed by atoms with van der Waals surface area (Å²) in [4.78, 5) is 12.1. The van der Waals surface area contributed by atoms with Crippen molar-refractivity contribution < 1.29 is 19.3 Å². The minimum atomic E-state index is -0.814. The highest BCUT2D eigenvalue weighted by Crippen LogP contribution is 2.36. The van der Waals surface area contributed by atoms with E-state index in [4.69, 9.17) is 9.47 Å². The first-order chi connectivity index (χ1) is 10.1. The van der Waals surface area contributed by atoms with Crippen molar-refractivity contribution in [2.75, 3.05) is 6.61 Å². The molecule has 0 bridgehead atoms. The van der Waals surface area contributed by atoms with Gasteiger partial charge in [-0.2, -0.15) is 0 Å². The summed E-state index contributed by atoms with van der Waals surface area (Å²) in [5.74, 6) is -0.314. The second-order valence-corrected chi connectivity index (χ2v) is 5.45. The molecule has 1 aliphatic rings. The maximum atomic E-state index is 12.1. The molecule has 0 spiro atoms. The van der Waals surface area contributed by atoms with Gasteiger partial charge in [0.05, 0.1) is 19.3 Å². The summed E-state index contributed by atoms with van der Waals surface area (Å²) >= 11 is 0. The second-order valence-electron chi connectivity index (χ2n) is 5.45. The first kappa shape index (κ1) is 16.0. The molecule has 0 unspecified atom stereocenters. The van der Waals surface area contributed by atoms with Gasteiger partial charge in [0.25, 0.3) is 0 Å². The van der Waals surface area contributed by atoms with Gasteiger partial charge in [-0.1, -0.05) is 30.3 Å². The lowest BCUT2D eigenvalue weighted by Gasteiger charge is -2.46. The molecule has 2 rings (SSSR count). The first-order valence-electron chi connectivity index (χ1n) is 7.34. The summed E-state index contributed by atoms with van der Waals surface area (Å²) in [5, 5.41) is 12.4. The maximum Gasteiger partial charge on any atom is 0.374 e. The SMILES string of the molecule is CCOC(=O)C1(NB(C)O)CC(OCc2ccccc2)C1. The summed E-state index contributed by atoms with van der Waals surface area (Å²) < 4.78 is 10.9. The van der Waals surface area contributed by atoms with E-state index in [1.165, 1.54) is 0 Å². The second kappa shape index (κ2) is 7.07. The van der Waals surface area contributed by atoms with E-state index < -0.39 is 12.6 Å². The van der Waals surface area contributed by atoms with E-state index >= 15 is 0 Å². The van der Waals surface area contributed by atoms with Gasteiger partial charge in [-0.3, -0.25) is 4.79 Å². The Morgan fingerprint density at radius 3 is 2.67 bits per heavy atom. The standard InChI is InChI=1S/C15H22BNO4/c1-3-20-14(18)15(17-16(2)19)9-13(10-15)21-11-12-7-5-4-6-8-12/h4-8,13,17,19H,3,9-11H2,1-2H3. The van der Waals surface area contributed by atoms with Gasteiger partial charge < -0.3 is 19.7 Å². The normalized spacial score (nSPS) is 24.2. The van der Waals surface area contributed by atoms with Crippen LogP contribution < -0.4 is 5.23 Å². The molecule has 1 aliphatic carbocycles. The Bertz CT molecular complexity index is 460. The van der Waals surface area contributed by atoms with E-state index in [1.807, 2.05) is 30.3 Å². The van der Waals surface area contributed by atoms with Crippen LogP contribution in [0.5, 0.6) is 0 Å². The molecule has 1 fully saturated rings. The molecule has 1 saturated carbocycles. The molecule has 1 aromatic carbocycles. The van der Waals surface area contributed by atoms with Crippen LogP contribution >= 0.6 is 0 Å². The third kappa shape index (κ3) is 4.06. The van der Waals surface area contributed by atoms with E-state index in [1.54, 1.807) is 13.7 Å². The molecule has 21 heavy (non-hydrogen) atoms. The molecule has 1 aromatic rings. The van der Waals surface area contributed by atoms with Crippen LogP contribution in [0.1, 0.15) is 25.3 Å². The molecule has 6 heteroatoms. The van der Waals surface area contributed by atoms with Crippen molar-refractivity contribution in [2.45, 2.75) is 44.8 Å². The molecule has 0 atom stereocenters. The van der Waals surface area contributed by atoms with Crippen molar-refractivity contribution in [3.8, 4) is 0 Å². The van der Waals surface area contributed by atoms with Crippen molar-refractivity contribution in [1.82, 2.24) is 5.23 Å². The quantitative estimate of drug-likeness (QED) is 0.586. The number of carbonyl (C=O) groups is 1. The molecule has 5 nitrogen and oxygen atoms in total. The Morgan fingerprint density at radius 2 is 2.10 bits per heavy atom. The Balaban J connectivity index is 1.86. The lowest BCUT2D eigenvalue weighted by atomic mass is 9.69. The van der Waals surface area contributed by atoms with Gasteiger partial charge in [0.2, 0.25) is 0 Å². The van der Waals surface area contributed by atoms with Crippen molar-refractivity contribution >= 4 is 13.0 Å². The fourth-order valence-corrected chi connectivity index (χ4v) is 2.64. The van der Waals surface area contributed by atoms with Crippen molar-refractivity contribution in [3.63, 3.8) is 0 Å². The molecule has 0 heterocycles. The Labute approximate surface area is 125 Å². The topological polar surface area (TPSA) is 67.8 Å². The average molecular weight is 291 g/mol. The molecular formula is C15H22BNO4. The van der Waals surface area contributed by atoms with Crippen LogP contribution in [0.2, 0.25) is 6.82 Å². The van der Waals surface area contributed by atoms with Gasteiger partial charge in [-0.05, 0) is 19.3 Å². The minimum Gasteiger partial charge on any atom is -0.465 e. The number of hydrogen-bond donors (Lipinski definition) is 2. The Morgan fingerprint density at radius 1 is 1.43 bits per heavy atom. The van der Waals surface area contributed by atoms with Gasteiger partial charge in [0.1, 0.15) is 5.54 Å². The van der Waals surface area contributed by atoms with Crippen LogP contribution in [-0.4, -0.2) is 36.3 Å². The summed E-state index contributed by atoms with van der Waals surface area (Å²) in [5.41, 5.74) is 0.292. The highest BCUT2D eigenvalue weighted by molar-refractivity contribution is 6.46. The van der Waals surface area contributed by atoms with E-state index in [-0.39, 0.29) is 12.1 Å². The van der Waals surface area contributed by atoms with E-state index in [2.05, 4.69) is 5.23 Å². The fourth-order valence-electron chi connectivity index (χ4n) is 2.64. The molecule has 0 saturated heterocycles. The lowest BCUT2D eigenvalue weighted by Crippen LogP contribution is -2.66. The summed E-state index contributed by atoms with van der Waals surface area (Å²) in [7, 11) is -0.760. The Hall–Kier alpha value is -1.37. The van der Waals surface area contributed by atoms with E-state index in [0.717, 1.165) is 5.56 Å². The predicted molar refractivity (Wildman–Crippen MR) is 80.6 cm³/mol. The zero-order valence-corrected chi connectivity index (χ0v) is 12.5. The first-order valence-corrected chi connectivity index (χ1v) is 7.34. The highest BCUT2D eigenvalue weighted by atomic mass is 16.5. The number of rotatable bonds is 7. The van der Waals surface area contributed by atoms with Gasteiger partial charge >= 0.3 is 13.0 Å². The monoisotopic (exact) mass is 291 g/mol. The van der Waals surface area contributed by atoms with E-state index in [0.29, 0.717) is 26.1 Å². The van der Waals surface area contributed by atoms with Gasteiger partial charge in [0, 0.05) is 12.8 Å². The summed E-state index contributed by atoms with van der Waals surface area (Å²) in [6.07, 6.45) is 1.04. The van der Waals surface area contributed by atoms with Crippen molar-refractivity contribution in [2.24, 2.45) is 0 Å². The van der Waals surface area contributed by atoms with E-state index in [9.17, 15) is 9.82 Å². The number of benzene rings is 1. The lowest BCUT2D eigenvalue weighted by molar-refractivity contribution is -0.163. The van der Waals surface area contributed by atoms with Crippen LogP contribution in [0.4, 0.5) is 0 Å². The maximum absolute atomic E-state index is 12.1. The average Bonchev–Trinajstić information content (AvgIpc) is 2.42. The zero-order valence-electron chi connectivity index (χ0n) is 12.5.